The van der Waals surface area contributed by atoms with E-state index in [1.807, 2.05) is 0 Å². The van der Waals surface area contributed by atoms with Crippen LogP contribution in [0.15, 0.2) is 18.3 Å². The van der Waals surface area contributed by atoms with Crippen molar-refractivity contribution in [3.63, 3.8) is 0 Å². The van der Waals surface area contributed by atoms with Crippen LogP contribution in [0.5, 0.6) is 0 Å². The van der Waals surface area contributed by atoms with Gasteiger partial charge in [0, 0.05) is 32.0 Å². The van der Waals surface area contributed by atoms with Crippen LogP contribution < -0.4 is 5.32 Å². The summed E-state index contributed by atoms with van der Waals surface area (Å²) in [5, 5.41) is 3.67. The highest BCUT2D eigenvalue weighted by Crippen LogP contribution is 2.56. The molecule has 0 saturated heterocycles. The molecule has 0 atom stereocenters. The van der Waals surface area contributed by atoms with E-state index in [4.69, 9.17) is 0 Å². The minimum Gasteiger partial charge on any atom is -0.353 e. The van der Waals surface area contributed by atoms with E-state index >= 15 is 0 Å². The topological polar surface area (TPSA) is 17.0 Å². The lowest BCUT2D eigenvalue weighted by molar-refractivity contribution is 0.0985. The summed E-state index contributed by atoms with van der Waals surface area (Å²) in [6, 6.07) is 4.33. The van der Waals surface area contributed by atoms with E-state index in [9.17, 15) is 0 Å². The Hall–Kier alpha value is -0.760. The first-order chi connectivity index (χ1) is 7.80. The molecule has 0 aromatic carbocycles. The fourth-order valence-electron chi connectivity index (χ4n) is 3.18. The van der Waals surface area contributed by atoms with E-state index in [1.165, 1.54) is 44.3 Å². The van der Waals surface area contributed by atoms with E-state index in [1.54, 1.807) is 0 Å². The fraction of sp³-hybridized carbons (Fsp3) is 0.714. The summed E-state index contributed by atoms with van der Waals surface area (Å²) in [6.45, 7) is 2.26. The van der Waals surface area contributed by atoms with Crippen molar-refractivity contribution in [2.24, 2.45) is 18.4 Å². The van der Waals surface area contributed by atoms with Crippen LogP contribution in [0, 0.1) is 11.3 Å². The maximum absolute atomic E-state index is 3.67. The number of hydrogen-bond donors (Lipinski definition) is 1. The molecule has 2 saturated carbocycles. The molecular formula is C14H22N2. The third kappa shape index (κ3) is 1.80. The Morgan fingerprint density at radius 3 is 2.75 bits per heavy atom. The zero-order chi connectivity index (χ0) is 11.0. The van der Waals surface area contributed by atoms with Gasteiger partial charge in [-0.1, -0.05) is 6.42 Å². The number of nitrogens with zero attached hydrogens (tertiary/aromatic N) is 1. The van der Waals surface area contributed by atoms with E-state index < -0.39 is 0 Å². The summed E-state index contributed by atoms with van der Waals surface area (Å²) < 4.78 is 2.21. The highest BCUT2D eigenvalue weighted by molar-refractivity contribution is 5.07. The maximum Gasteiger partial charge on any atom is 0.0359 e. The number of nitrogens with one attached hydrogen (secondary N) is 1. The van der Waals surface area contributed by atoms with Gasteiger partial charge in [-0.25, -0.2) is 0 Å². The molecule has 0 spiro atoms. The van der Waals surface area contributed by atoms with Crippen molar-refractivity contribution in [2.45, 2.75) is 38.6 Å². The molecule has 1 heterocycles. The molecule has 2 heteroatoms. The molecule has 88 valence electrons. The standard InChI is InChI=1S/C14H22N2/c1-16-9-2-4-13(16)10-15-11-14(7-3-8-14)12-5-6-12/h2,4,9,12,15H,3,5-8,10-11H2,1H3. The Balaban J connectivity index is 1.51. The molecule has 0 aliphatic heterocycles. The van der Waals surface area contributed by atoms with Crippen LogP contribution in [-0.2, 0) is 13.6 Å². The lowest BCUT2D eigenvalue weighted by atomic mass is 9.65. The predicted molar refractivity (Wildman–Crippen MR) is 66.1 cm³/mol. The summed E-state index contributed by atoms with van der Waals surface area (Å²) in [4.78, 5) is 0. The number of aromatic nitrogens is 1. The molecule has 2 fully saturated rings. The molecule has 0 bridgehead atoms. The first kappa shape index (κ1) is 10.4. The lowest BCUT2D eigenvalue weighted by Gasteiger charge is -2.43. The Kier molecular flexibility index (Phi) is 2.55. The van der Waals surface area contributed by atoms with Gasteiger partial charge in [0.2, 0.25) is 0 Å². The van der Waals surface area contributed by atoms with Gasteiger partial charge in [-0.2, -0.15) is 0 Å². The molecule has 16 heavy (non-hydrogen) atoms. The Morgan fingerprint density at radius 1 is 1.44 bits per heavy atom. The largest absolute Gasteiger partial charge is 0.353 e. The molecule has 1 aromatic heterocycles. The molecule has 1 N–H and O–H groups in total. The average molecular weight is 218 g/mol. The molecule has 2 aliphatic rings. The quantitative estimate of drug-likeness (QED) is 0.804. The SMILES string of the molecule is Cn1cccc1CNCC1(C2CC2)CCC1. The average Bonchev–Trinajstić information content (AvgIpc) is 2.97. The number of rotatable bonds is 5. The van der Waals surface area contributed by atoms with E-state index in [0.29, 0.717) is 5.41 Å². The minimum absolute atomic E-state index is 0.700. The lowest BCUT2D eigenvalue weighted by Crippen LogP contribution is -2.41. The summed E-state index contributed by atoms with van der Waals surface area (Å²) in [7, 11) is 2.12. The van der Waals surface area contributed by atoms with Gasteiger partial charge >= 0.3 is 0 Å². The van der Waals surface area contributed by atoms with Gasteiger partial charge in [0.25, 0.3) is 0 Å². The van der Waals surface area contributed by atoms with E-state index in [0.717, 1.165) is 12.5 Å². The van der Waals surface area contributed by atoms with Crippen molar-refractivity contribution in [3.05, 3.63) is 24.0 Å². The second-order valence-electron chi connectivity index (χ2n) is 5.70. The molecule has 0 radical (unpaired) electrons. The zero-order valence-corrected chi connectivity index (χ0v) is 10.2. The Labute approximate surface area is 98.0 Å². The van der Waals surface area contributed by atoms with Crippen molar-refractivity contribution >= 4 is 0 Å². The highest BCUT2D eigenvalue weighted by atomic mass is 15.0. The predicted octanol–water partition coefficient (Wildman–Crippen LogP) is 2.70. The molecule has 1 aromatic rings. The third-order valence-corrected chi connectivity index (χ3v) is 4.63. The summed E-state index contributed by atoms with van der Waals surface area (Å²) in [5.41, 5.74) is 2.09. The highest BCUT2D eigenvalue weighted by Gasteiger charge is 2.48. The van der Waals surface area contributed by atoms with Crippen molar-refractivity contribution in [1.82, 2.24) is 9.88 Å². The van der Waals surface area contributed by atoms with Gasteiger partial charge < -0.3 is 9.88 Å². The van der Waals surface area contributed by atoms with Crippen molar-refractivity contribution < 1.29 is 0 Å². The van der Waals surface area contributed by atoms with Crippen LogP contribution in [0.25, 0.3) is 0 Å². The Morgan fingerprint density at radius 2 is 2.25 bits per heavy atom. The first-order valence-electron chi connectivity index (χ1n) is 6.61. The number of hydrogen-bond acceptors (Lipinski definition) is 1. The monoisotopic (exact) mass is 218 g/mol. The van der Waals surface area contributed by atoms with Crippen LogP contribution in [0.2, 0.25) is 0 Å². The normalized spacial score (nSPS) is 23.1. The van der Waals surface area contributed by atoms with Gasteiger partial charge in [-0.3, -0.25) is 0 Å². The molecule has 2 aliphatic carbocycles. The third-order valence-electron chi connectivity index (χ3n) is 4.63. The summed E-state index contributed by atoms with van der Waals surface area (Å²) in [6.07, 6.45) is 9.51. The van der Waals surface area contributed by atoms with Crippen LogP contribution in [0.3, 0.4) is 0 Å². The summed E-state index contributed by atoms with van der Waals surface area (Å²) >= 11 is 0. The second-order valence-corrected chi connectivity index (χ2v) is 5.70. The Bertz CT molecular complexity index is 359. The molecule has 0 unspecified atom stereocenters. The maximum atomic E-state index is 3.67. The van der Waals surface area contributed by atoms with Gasteiger partial charge in [-0.15, -0.1) is 0 Å². The van der Waals surface area contributed by atoms with Crippen molar-refractivity contribution in [1.29, 1.82) is 0 Å². The van der Waals surface area contributed by atoms with Crippen LogP contribution in [-0.4, -0.2) is 11.1 Å². The second kappa shape index (κ2) is 3.92. The van der Waals surface area contributed by atoms with Crippen molar-refractivity contribution in [2.75, 3.05) is 6.54 Å². The summed E-state index contributed by atoms with van der Waals surface area (Å²) in [5.74, 6) is 1.06. The smallest absolute Gasteiger partial charge is 0.0359 e. The van der Waals surface area contributed by atoms with Crippen molar-refractivity contribution in [3.8, 4) is 0 Å². The fourth-order valence-corrected chi connectivity index (χ4v) is 3.18. The zero-order valence-electron chi connectivity index (χ0n) is 10.2. The molecule has 0 amide bonds. The molecule has 2 nitrogen and oxygen atoms in total. The van der Waals surface area contributed by atoms with E-state index in [-0.39, 0.29) is 0 Å². The van der Waals surface area contributed by atoms with Crippen LogP contribution in [0.1, 0.15) is 37.8 Å². The minimum atomic E-state index is 0.700. The molecule has 3 rings (SSSR count). The van der Waals surface area contributed by atoms with Crippen LogP contribution in [0.4, 0.5) is 0 Å². The first-order valence-corrected chi connectivity index (χ1v) is 6.61. The van der Waals surface area contributed by atoms with Gasteiger partial charge in [0.15, 0.2) is 0 Å². The number of aryl methyl sites for hydroxylation is 1. The van der Waals surface area contributed by atoms with E-state index in [2.05, 4.69) is 35.3 Å². The van der Waals surface area contributed by atoms with Gasteiger partial charge in [0.05, 0.1) is 0 Å². The van der Waals surface area contributed by atoms with Gasteiger partial charge in [0.1, 0.15) is 0 Å². The molecular weight excluding hydrogens is 196 g/mol. The van der Waals surface area contributed by atoms with Gasteiger partial charge in [-0.05, 0) is 49.1 Å². The van der Waals surface area contributed by atoms with Crippen LogP contribution >= 0.6 is 0 Å².